The molecule has 0 saturated carbocycles. The summed E-state index contributed by atoms with van der Waals surface area (Å²) in [7, 11) is 3.31. The van der Waals surface area contributed by atoms with Crippen LogP contribution < -0.4 is 15.4 Å². The number of methoxy groups -OCH3 is 2. The Bertz CT molecular complexity index is 590. The van der Waals surface area contributed by atoms with Gasteiger partial charge >= 0.3 is 0 Å². The van der Waals surface area contributed by atoms with Gasteiger partial charge < -0.3 is 20.1 Å². The molecule has 1 heterocycles. The highest BCUT2D eigenvalue weighted by atomic mass is 16.5. The van der Waals surface area contributed by atoms with Crippen LogP contribution >= 0.6 is 0 Å². The molecule has 0 fully saturated rings. The third kappa shape index (κ3) is 4.61. The molecule has 1 aromatic carbocycles. The molecule has 0 bridgehead atoms. The standard InChI is InChI=1S/C15H20N4O2/c1-11-9-14(16-7-8-20-2)19-15(17-11)18-12-5-4-6-13(10-12)21-3/h4-6,9-10H,7-8H2,1-3H3,(H2,16,17,18,19). The predicted molar refractivity (Wildman–Crippen MR) is 83.4 cm³/mol. The van der Waals surface area contributed by atoms with Gasteiger partial charge in [0.15, 0.2) is 0 Å². The van der Waals surface area contributed by atoms with E-state index in [4.69, 9.17) is 9.47 Å². The summed E-state index contributed by atoms with van der Waals surface area (Å²) < 4.78 is 10.2. The highest BCUT2D eigenvalue weighted by molar-refractivity contribution is 5.57. The topological polar surface area (TPSA) is 68.3 Å². The highest BCUT2D eigenvalue weighted by Gasteiger charge is 2.03. The Balaban J connectivity index is 2.11. The number of aryl methyl sites for hydroxylation is 1. The molecule has 1 aromatic heterocycles. The van der Waals surface area contributed by atoms with E-state index in [0.717, 1.165) is 22.9 Å². The van der Waals surface area contributed by atoms with E-state index >= 15 is 0 Å². The van der Waals surface area contributed by atoms with Crippen LogP contribution in [0.2, 0.25) is 0 Å². The molecule has 21 heavy (non-hydrogen) atoms. The maximum absolute atomic E-state index is 5.20. The van der Waals surface area contributed by atoms with Crippen molar-refractivity contribution in [3.63, 3.8) is 0 Å². The van der Waals surface area contributed by atoms with E-state index < -0.39 is 0 Å². The largest absolute Gasteiger partial charge is 0.497 e. The Hall–Kier alpha value is -2.34. The summed E-state index contributed by atoms with van der Waals surface area (Å²) >= 11 is 0. The molecule has 6 heteroatoms. The van der Waals surface area contributed by atoms with Crippen molar-refractivity contribution in [2.45, 2.75) is 6.92 Å². The molecular weight excluding hydrogens is 268 g/mol. The summed E-state index contributed by atoms with van der Waals surface area (Å²) in [5.74, 6) is 2.10. The predicted octanol–water partition coefficient (Wildman–Crippen LogP) is 2.60. The molecule has 0 unspecified atom stereocenters. The zero-order chi connectivity index (χ0) is 15.1. The molecule has 6 nitrogen and oxygen atoms in total. The fourth-order valence-electron chi connectivity index (χ4n) is 1.83. The van der Waals surface area contributed by atoms with Gasteiger partial charge in [-0.25, -0.2) is 4.98 Å². The second-order valence-electron chi connectivity index (χ2n) is 4.49. The molecular formula is C15H20N4O2. The number of ether oxygens (including phenoxy) is 2. The van der Waals surface area contributed by atoms with Gasteiger partial charge in [-0.05, 0) is 19.1 Å². The molecule has 2 rings (SSSR count). The summed E-state index contributed by atoms with van der Waals surface area (Å²) in [5, 5.41) is 6.37. The molecule has 0 amide bonds. The number of rotatable bonds is 7. The van der Waals surface area contributed by atoms with Crippen molar-refractivity contribution in [3.05, 3.63) is 36.0 Å². The smallest absolute Gasteiger partial charge is 0.229 e. The van der Waals surface area contributed by atoms with Gasteiger partial charge in [-0.3, -0.25) is 0 Å². The minimum Gasteiger partial charge on any atom is -0.497 e. The number of nitrogens with one attached hydrogen (secondary N) is 2. The van der Waals surface area contributed by atoms with Gasteiger partial charge in [0.05, 0.1) is 13.7 Å². The van der Waals surface area contributed by atoms with Crippen LogP contribution in [-0.4, -0.2) is 37.3 Å². The molecule has 0 aliphatic heterocycles. The molecule has 0 radical (unpaired) electrons. The maximum Gasteiger partial charge on any atom is 0.229 e. The van der Waals surface area contributed by atoms with Crippen molar-refractivity contribution in [2.75, 3.05) is 38.0 Å². The molecule has 0 aliphatic rings. The number of hydrogen-bond donors (Lipinski definition) is 2. The number of hydrogen-bond acceptors (Lipinski definition) is 6. The molecule has 0 saturated heterocycles. The van der Waals surface area contributed by atoms with Crippen molar-refractivity contribution < 1.29 is 9.47 Å². The number of anilines is 3. The van der Waals surface area contributed by atoms with Crippen LogP contribution in [0.1, 0.15) is 5.69 Å². The van der Waals surface area contributed by atoms with Crippen molar-refractivity contribution in [3.8, 4) is 5.75 Å². The van der Waals surface area contributed by atoms with Gasteiger partial charge in [-0.15, -0.1) is 0 Å². The molecule has 2 N–H and O–H groups in total. The van der Waals surface area contributed by atoms with E-state index in [2.05, 4.69) is 20.6 Å². The van der Waals surface area contributed by atoms with E-state index in [1.54, 1.807) is 14.2 Å². The highest BCUT2D eigenvalue weighted by Crippen LogP contribution is 2.20. The van der Waals surface area contributed by atoms with Crippen LogP contribution in [0, 0.1) is 6.92 Å². The summed E-state index contributed by atoms with van der Waals surface area (Å²) in [6, 6.07) is 9.52. The second-order valence-corrected chi connectivity index (χ2v) is 4.49. The Morgan fingerprint density at radius 2 is 2.00 bits per heavy atom. The number of benzene rings is 1. The van der Waals surface area contributed by atoms with Crippen LogP contribution in [-0.2, 0) is 4.74 Å². The van der Waals surface area contributed by atoms with Crippen LogP contribution in [0.25, 0.3) is 0 Å². The van der Waals surface area contributed by atoms with E-state index in [-0.39, 0.29) is 0 Å². The lowest BCUT2D eigenvalue weighted by Gasteiger charge is -2.10. The summed E-state index contributed by atoms with van der Waals surface area (Å²) in [6.45, 7) is 3.26. The Labute approximate surface area is 124 Å². The quantitative estimate of drug-likeness (QED) is 0.763. The summed E-state index contributed by atoms with van der Waals surface area (Å²) in [6.07, 6.45) is 0. The van der Waals surface area contributed by atoms with Crippen molar-refractivity contribution in [1.29, 1.82) is 0 Å². The Morgan fingerprint density at radius 3 is 2.76 bits per heavy atom. The zero-order valence-corrected chi connectivity index (χ0v) is 12.5. The first-order valence-corrected chi connectivity index (χ1v) is 6.71. The maximum atomic E-state index is 5.20. The average molecular weight is 288 g/mol. The minimum absolute atomic E-state index is 0.545. The number of aromatic nitrogens is 2. The fraction of sp³-hybridized carbons (Fsp3) is 0.333. The average Bonchev–Trinajstić information content (AvgIpc) is 2.47. The van der Waals surface area contributed by atoms with Crippen molar-refractivity contribution in [1.82, 2.24) is 9.97 Å². The van der Waals surface area contributed by atoms with Crippen molar-refractivity contribution >= 4 is 17.5 Å². The SMILES string of the molecule is COCCNc1cc(C)nc(Nc2cccc(OC)c2)n1. The lowest BCUT2D eigenvalue weighted by molar-refractivity contribution is 0.210. The minimum atomic E-state index is 0.545. The van der Waals surface area contributed by atoms with Crippen LogP contribution in [0.4, 0.5) is 17.5 Å². The van der Waals surface area contributed by atoms with Crippen molar-refractivity contribution in [2.24, 2.45) is 0 Å². The van der Waals surface area contributed by atoms with Crippen LogP contribution in [0.15, 0.2) is 30.3 Å². The fourth-order valence-corrected chi connectivity index (χ4v) is 1.83. The van der Waals surface area contributed by atoms with Gasteiger partial charge in [-0.2, -0.15) is 4.98 Å². The normalized spacial score (nSPS) is 10.2. The van der Waals surface area contributed by atoms with Crippen LogP contribution in [0.5, 0.6) is 5.75 Å². The van der Waals surface area contributed by atoms with E-state index in [9.17, 15) is 0 Å². The Morgan fingerprint density at radius 1 is 1.14 bits per heavy atom. The molecule has 2 aromatic rings. The number of nitrogens with zero attached hydrogens (tertiary/aromatic N) is 2. The van der Waals surface area contributed by atoms with Gasteiger partial charge in [-0.1, -0.05) is 6.07 Å². The lowest BCUT2D eigenvalue weighted by Crippen LogP contribution is -2.10. The van der Waals surface area contributed by atoms with E-state index in [1.165, 1.54) is 0 Å². The van der Waals surface area contributed by atoms with Crippen LogP contribution in [0.3, 0.4) is 0 Å². The lowest BCUT2D eigenvalue weighted by atomic mass is 10.3. The summed E-state index contributed by atoms with van der Waals surface area (Å²) in [5.41, 5.74) is 1.76. The van der Waals surface area contributed by atoms with E-state index in [0.29, 0.717) is 19.1 Å². The first-order valence-electron chi connectivity index (χ1n) is 6.71. The third-order valence-electron chi connectivity index (χ3n) is 2.79. The second kappa shape index (κ2) is 7.44. The zero-order valence-electron chi connectivity index (χ0n) is 12.5. The molecule has 0 atom stereocenters. The molecule has 112 valence electrons. The molecule has 0 spiro atoms. The summed E-state index contributed by atoms with van der Waals surface area (Å²) in [4.78, 5) is 8.81. The third-order valence-corrected chi connectivity index (χ3v) is 2.79. The van der Waals surface area contributed by atoms with Gasteiger partial charge in [0.2, 0.25) is 5.95 Å². The monoisotopic (exact) mass is 288 g/mol. The van der Waals surface area contributed by atoms with E-state index in [1.807, 2.05) is 37.3 Å². The van der Waals surface area contributed by atoms with Gasteiger partial charge in [0, 0.05) is 37.2 Å². The first kappa shape index (κ1) is 15.1. The first-order chi connectivity index (χ1) is 10.2. The molecule has 0 aliphatic carbocycles. The Kier molecular flexibility index (Phi) is 5.34. The van der Waals surface area contributed by atoms with Gasteiger partial charge in [0.25, 0.3) is 0 Å². The van der Waals surface area contributed by atoms with Gasteiger partial charge in [0.1, 0.15) is 11.6 Å².